The Morgan fingerprint density at radius 2 is 1.79 bits per heavy atom. The Hall–Kier alpha value is -0.570. The molecule has 3 nitrogen and oxygen atoms in total. The SMILES string of the molecule is CC(C)(C)OC(=O)C[N+]1(C)CCCC1. The molecule has 0 aliphatic carbocycles. The van der Waals surface area contributed by atoms with E-state index in [1.54, 1.807) is 0 Å². The summed E-state index contributed by atoms with van der Waals surface area (Å²) in [6.45, 7) is 8.48. The van der Waals surface area contributed by atoms with Crippen LogP contribution in [0.1, 0.15) is 33.6 Å². The Morgan fingerprint density at radius 1 is 1.29 bits per heavy atom. The minimum atomic E-state index is -0.351. The fourth-order valence-corrected chi connectivity index (χ4v) is 1.94. The first-order chi connectivity index (χ1) is 6.31. The maximum Gasteiger partial charge on any atom is 0.362 e. The number of likely N-dealkylation sites (N-methyl/N-ethyl adjacent to an activating group) is 1. The summed E-state index contributed by atoms with van der Waals surface area (Å²) in [7, 11) is 2.14. The molecule has 1 fully saturated rings. The van der Waals surface area contributed by atoms with Crippen molar-refractivity contribution in [3.8, 4) is 0 Å². The minimum absolute atomic E-state index is 0.0677. The molecule has 1 aliphatic rings. The third-order valence-corrected chi connectivity index (χ3v) is 2.58. The van der Waals surface area contributed by atoms with Crippen LogP contribution in [0.4, 0.5) is 0 Å². The average molecular weight is 200 g/mol. The number of nitrogens with zero attached hydrogens (tertiary/aromatic N) is 1. The van der Waals surface area contributed by atoms with Crippen LogP contribution in [-0.4, -0.2) is 42.7 Å². The van der Waals surface area contributed by atoms with E-state index in [0.717, 1.165) is 17.6 Å². The van der Waals surface area contributed by atoms with E-state index < -0.39 is 0 Å². The van der Waals surface area contributed by atoms with Gasteiger partial charge in [0.05, 0.1) is 20.1 Å². The topological polar surface area (TPSA) is 26.3 Å². The lowest BCUT2D eigenvalue weighted by molar-refractivity contribution is -0.890. The van der Waals surface area contributed by atoms with Gasteiger partial charge in [0.2, 0.25) is 0 Å². The number of quaternary nitrogens is 1. The van der Waals surface area contributed by atoms with Crippen molar-refractivity contribution in [3.63, 3.8) is 0 Å². The van der Waals surface area contributed by atoms with Gasteiger partial charge in [0.1, 0.15) is 5.60 Å². The number of ether oxygens (including phenoxy) is 1. The van der Waals surface area contributed by atoms with Crippen molar-refractivity contribution in [2.45, 2.75) is 39.2 Å². The van der Waals surface area contributed by atoms with E-state index in [2.05, 4.69) is 7.05 Å². The smallest absolute Gasteiger partial charge is 0.362 e. The second-order valence-electron chi connectivity index (χ2n) is 5.52. The van der Waals surface area contributed by atoms with Crippen molar-refractivity contribution in [2.75, 3.05) is 26.7 Å². The van der Waals surface area contributed by atoms with E-state index >= 15 is 0 Å². The van der Waals surface area contributed by atoms with E-state index in [9.17, 15) is 4.79 Å². The van der Waals surface area contributed by atoms with Gasteiger partial charge in [-0.05, 0) is 20.8 Å². The lowest BCUT2D eigenvalue weighted by Crippen LogP contribution is -2.46. The van der Waals surface area contributed by atoms with Gasteiger partial charge in [-0.3, -0.25) is 0 Å². The van der Waals surface area contributed by atoms with Crippen molar-refractivity contribution in [1.82, 2.24) is 0 Å². The van der Waals surface area contributed by atoms with Crippen molar-refractivity contribution < 1.29 is 14.0 Å². The molecule has 0 N–H and O–H groups in total. The molecule has 0 unspecified atom stereocenters. The quantitative estimate of drug-likeness (QED) is 0.499. The lowest BCUT2D eigenvalue weighted by Gasteiger charge is -2.29. The number of rotatable bonds is 2. The number of carbonyl (C=O) groups excluding carboxylic acids is 1. The molecule has 1 heterocycles. The molecule has 0 aromatic carbocycles. The van der Waals surface area contributed by atoms with Crippen LogP contribution in [0.25, 0.3) is 0 Å². The molecule has 82 valence electrons. The van der Waals surface area contributed by atoms with E-state index in [1.807, 2.05) is 20.8 Å². The summed E-state index contributed by atoms with van der Waals surface area (Å²) in [6.07, 6.45) is 2.47. The largest absolute Gasteiger partial charge is 0.456 e. The summed E-state index contributed by atoms with van der Waals surface area (Å²) in [4.78, 5) is 11.6. The molecule has 0 aromatic heterocycles. The highest BCUT2D eigenvalue weighted by atomic mass is 16.6. The van der Waals surface area contributed by atoms with Crippen LogP contribution in [-0.2, 0) is 9.53 Å². The molecule has 1 aliphatic heterocycles. The monoisotopic (exact) mass is 200 g/mol. The lowest BCUT2D eigenvalue weighted by atomic mass is 10.2. The second kappa shape index (κ2) is 3.89. The normalized spacial score (nSPS) is 20.9. The zero-order valence-corrected chi connectivity index (χ0v) is 9.80. The fraction of sp³-hybridized carbons (Fsp3) is 0.909. The predicted molar refractivity (Wildman–Crippen MR) is 55.9 cm³/mol. The first-order valence-electron chi connectivity index (χ1n) is 5.36. The van der Waals surface area contributed by atoms with Crippen LogP contribution >= 0.6 is 0 Å². The molecule has 0 aromatic rings. The highest BCUT2D eigenvalue weighted by molar-refractivity contribution is 5.71. The standard InChI is InChI=1S/C11H22NO2/c1-11(2,3)14-10(13)9-12(4)7-5-6-8-12/h5-9H2,1-4H3/q+1. The third-order valence-electron chi connectivity index (χ3n) is 2.58. The van der Waals surface area contributed by atoms with Gasteiger partial charge in [-0.25, -0.2) is 4.79 Å². The molecular weight excluding hydrogens is 178 g/mol. The first kappa shape index (κ1) is 11.5. The first-order valence-corrected chi connectivity index (χ1v) is 5.36. The maximum absolute atomic E-state index is 11.6. The van der Waals surface area contributed by atoms with Crippen LogP contribution in [0.15, 0.2) is 0 Å². The average Bonchev–Trinajstić information content (AvgIpc) is 2.30. The molecule has 0 radical (unpaired) electrons. The van der Waals surface area contributed by atoms with Crippen molar-refractivity contribution in [1.29, 1.82) is 0 Å². The summed E-state index contributed by atoms with van der Waals surface area (Å²) in [5, 5.41) is 0. The molecule has 1 saturated heterocycles. The predicted octanol–water partition coefficient (Wildman–Crippen LogP) is 1.57. The second-order valence-corrected chi connectivity index (χ2v) is 5.52. The number of likely N-dealkylation sites (tertiary alicyclic amines) is 1. The van der Waals surface area contributed by atoms with E-state index in [0.29, 0.717) is 6.54 Å². The summed E-state index contributed by atoms with van der Waals surface area (Å²) in [6, 6.07) is 0. The molecule has 1 rings (SSSR count). The number of hydrogen-bond donors (Lipinski definition) is 0. The summed E-state index contributed by atoms with van der Waals surface area (Å²) in [5.41, 5.74) is -0.351. The molecule has 14 heavy (non-hydrogen) atoms. The van der Waals surface area contributed by atoms with Gasteiger partial charge in [-0.15, -0.1) is 0 Å². The number of carbonyl (C=O) groups is 1. The van der Waals surface area contributed by atoms with Crippen LogP contribution in [0.2, 0.25) is 0 Å². The Bertz CT molecular complexity index is 212. The Balaban J connectivity index is 2.40. The minimum Gasteiger partial charge on any atom is -0.456 e. The molecule has 0 spiro atoms. The molecule has 0 bridgehead atoms. The zero-order chi connectivity index (χ0) is 10.8. The summed E-state index contributed by atoms with van der Waals surface area (Å²) >= 11 is 0. The van der Waals surface area contributed by atoms with Gasteiger partial charge in [0.15, 0.2) is 6.54 Å². The Morgan fingerprint density at radius 3 is 2.21 bits per heavy atom. The van der Waals surface area contributed by atoms with Gasteiger partial charge in [0.25, 0.3) is 0 Å². The summed E-state index contributed by atoms with van der Waals surface area (Å²) in [5.74, 6) is -0.0677. The van der Waals surface area contributed by atoms with Gasteiger partial charge < -0.3 is 9.22 Å². The number of hydrogen-bond acceptors (Lipinski definition) is 2. The molecule has 0 amide bonds. The van der Waals surface area contributed by atoms with Gasteiger partial charge in [-0.2, -0.15) is 0 Å². The van der Waals surface area contributed by atoms with Gasteiger partial charge in [0, 0.05) is 12.8 Å². The zero-order valence-electron chi connectivity index (χ0n) is 9.80. The molecule has 0 saturated carbocycles. The van der Waals surface area contributed by atoms with Crippen molar-refractivity contribution in [2.24, 2.45) is 0 Å². The Labute approximate surface area is 86.6 Å². The van der Waals surface area contributed by atoms with Crippen LogP contribution in [0.3, 0.4) is 0 Å². The maximum atomic E-state index is 11.6. The van der Waals surface area contributed by atoms with Crippen molar-refractivity contribution in [3.05, 3.63) is 0 Å². The van der Waals surface area contributed by atoms with Crippen LogP contribution < -0.4 is 0 Å². The Kier molecular flexibility index (Phi) is 3.20. The van der Waals surface area contributed by atoms with Gasteiger partial charge >= 0.3 is 5.97 Å². The molecular formula is C11H22NO2+. The highest BCUT2D eigenvalue weighted by Gasteiger charge is 2.31. The van der Waals surface area contributed by atoms with E-state index in [1.165, 1.54) is 12.8 Å². The fourth-order valence-electron chi connectivity index (χ4n) is 1.94. The van der Waals surface area contributed by atoms with Crippen LogP contribution in [0.5, 0.6) is 0 Å². The van der Waals surface area contributed by atoms with Gasteiger partial charge in [-0.1, -0.05) is 0 Å². The number of esters is 1. The summed E-state index contributed by atoms with van der Waals surface area (Å²) < 4.78 is 6.17. The van der Waals surface area contributed by atoms with E-state index in [-0.39, 0.29) is 11.6 Å². The van der Waals surface area contributed by atoms with E-state index in [4.69, 9.17) is 4.74 Å². The molecule has 3 heteroatoms. The highest BCUT2D eigenvalue weighted by Crippen LogP contribution is 2.17. The van der Waals surface area contributed by atoms with Crippen molar-refractivity contribution >= 4 is 5.97 Å². The molecule has 0 atom stereocenters. The third kappa shape index (κ3) is 3.66. The van der Waals surface area contributed by atoms with Crippen LogP contribution in [0, 0.1) is 0 Å².